The van der Waals surface area contributed by atoms with Crippen LogP contribution in [0.15, 0.2) is 36.4 Å². The van der Waals surface area contributed by atoms with Gasteiger partial charge < -0.3 is 19.8 Å². The van der Waals surface area contributed by atoms with Crippen molar-refractivity contribution < 1.29 is 29.4 Å². The van der Waals surface area contributed by atoms with Gasteiger partial charge in [0.1, 0.15) is 0 Å². The first kappa shape index (κ1) is 37.1. The van der Waals surface area contributed by atoms with Gasteiger partial charge in [-0.15, -0.1) is 0 Å². The SMILES string of the molecule is Cc1nn(C)c(C(CCCCCCCC(=O)[O-])(C(=O)[O-])c2c(C(=O)c3ccc(Cl)cc3Cl)c(C)nn2C)c1C(=O)c1ccc(Cl)cc1Cl. The lowest BCUT2D eigenvalue weighted by Crippen LogP contribution is -2.50. The van der Waals surface area contributed by atoms with Gasteiger partial charge in [0.25, 0.3) is 0 Å². The van der Waals surface area contributed by atoms with Crippen LogP contribution >= 0.6 is 46.4 Å². The van der Waals surface area contributed by atoms with Crippen molar-refractivity contribution in [1.82, 2.24) is 19.6 Å². The quantitative estimate of drug-likeness (QED) is 0.117. The van der Waals surface area contributed by atoms with Crippen LogP contribution < -0.4 is 10.2 Å². The fraction of sp³-hybridized carbons (Fsp3) is 0.353. The van der Waals surface area contributed by atoms with Crippen LogP contribution in [-0.2, 0) is 29.1 Å². The molecule has 0 aliphatic carbocycles. The molecule has 4 rings (SSSR count). The molecular weight excluding hydrogens is 702 g/mol. The van der Waals surface area contributed by atoms with Gasteiger partial charge in [0.05, 0.1) is 55.3 Å². The molecule has 14 heteroatoms. The predicted molar refractivity (Wildman–Crippen MR) is 179 cm³/mol. The second-order valence-corrected chi connectivity index (χ2v) is 13.3. The fourth-order valence-corrected chi connectivity index (χ4v) is 7.28. The van der Waals surface area contributed by atoms with E-state index in [9.17, 15) is 29.4 Å². The summed E-state index contributed by atoms with van der Waals surface area (Å²) in [6.45, 7) is 3.15. The number of hydrogen-bond acceptors (Lipinski definition) is 8. The number of carbonyl (C=O) groups is 4. The molecule has 254 valence electrons. The minimum Gasteiger partial charge on any atom is -0.550 e. The lowest BCUT2D eigenvalue weighted by atomic mass is 9.71. The lowest BCUT2D eigenvalue weighted by molar-refractivity contribution is -0.313. The smallest absolute Gasteiger partial charge is 0.198 e. The summed E-state index contributed by atoms with van der Waals surface area (Å²) < 4.78 is 2.63. The lowest BCUT2D eigenvalue weighted by Gasteiger charge is -2.37. The number of hydrogen-bond donors (Lipinski definition) is 0. The number of carboxylic acids is 2. The van der Waals surface area contributed by atoms with Gasteiger partial charge in [-0.3, -0.25) is 19.0 Å². The maximum absolute atomic E-state index is 14.3. The molecule has 4 aromatic rings. The van der Waals surface area contributed by atoms with E-state index in [2.05, 4.69) is 10.2 Å². The average molecular weight is 734 g/mol. The molecule has 10 nitrogen and oxygen atoms in total. The third-order valence-corrected chi connectivity index (χ3v) is 9.44. The number of ketones is 2. The van der Waals surface area contributed by atoms with Crippen molar-refractivity contribution in [2.24, 2.45) is 14.1 Å². The molecule has 0 atom stereocenters. The summed E-state index contributed by atoms with van der Waals surface area (Å²) in [5, 5.41) is 34.4. The Kier molecular flexibility index (Phi) is 11.8. The Hall–Kier alpha value is -3.70. The summed E-state index contributed by atoms with van der Waals surface area (Å²) in [6, 6.07) is 8.70. The van der Waals surface area contributed by atoms with E-state index in [1.54, 1.807) is 13.8 Å². The van der Waals surface area contributed by atoms with Crippen molar-refractivity contribution in [3.05, 3.63) is 102 Å². The number of aliphatic carboxylic acids is 2. The molecule has 0 fully saturated rings. The molecule has 0 saturated heterocycles. The minimum atomic E-state index is -2.15. The molecule has 2 aromatic heterocycles. The second-order valence-electron chi connectivity index (χ2n) is 11.6. The average Bonchev–Trinajstić information content (AvgIpc) is 3.46. The number of nitrogens with zero attached hydrogens (tertiary/aromatic N) is 4. The summed E-state index contributed by atoms with van der Waals surface area (Å²) in [6.07, 6.45) is 2.19. The molecule has 0 bridgehead atoms. The number of aromatic nitrogens is 4. The summed E-state index contributed by atoms with van der Waals surface area (Å²) in [5.74, 6) is -3.92. The van der Waals surface area contributed by atoms with E-state index in [-0.39, 0.29) is 67.9 Å². The van der Waals surface area contributed by atoms with Gasteiger partial charge in [-0.2, -0.15) is 10.2 Å². The third-order valence-electron chi connectivity index (χ3n) is 8.34. The molecule has 0 amide bonds. The highest BCUT2D eigenvalue weighted by Gasteiger charge is 2.48. The zero-order chi connectivity index (χ0) is 35.5. The molecule has 2 aromatic carbocycles. The van der Waals surface area contributed by atoms with Crippen LogP contribution in [0.4, 0.5) is 0 Å². The molecule has 0 aliphatic rings. The topological polar surface area (TPSA) is 150 Å². The van der Waals surface area contributed by atoms with Crippen molar-refractivity contribution in [2.75, 3.05) is 0 Å². The first-order chi connectivity index (χ1) is 22.6. The molecule has 2 heterocycles. The highest BCUT2D eigenvalue weighted by Crippen LogP contribution is 2.44. The summed E-state index contributed by atoms with van der Waals surface area (Å²) >= 11 is 25.1. The summed E-state index contributed by atoms with van der Waals surface area (Å²) in [5.41, 5.74) is -1.64. The van der Waals surface area contributed by atoms with Gasteiger partial charge in [0, 0.05) is 41.2 Å². The van der Waals surface area contributed by atoms with E-state index >= 15 is 0 Å². The van der Waals surface area contributed by atoms with Gasteiger partial charge in [-0.1, -0.05) is 72.1 Å². The van der Waals surface area contributed by atoms with Crippen LogP contribution in [0.5, 0.6) is 0 Å². The first-order valence-corrected chi connectivity index (χ1v) is 16.6. The number of benzene rings is 2. The predicted octanol–water partition coefficient (Wildman–Crippen LogP) is 5.36. The number of carboxylic acid groups (broad SMARTS) is 2. The van der Waals surface area contributed by atoms with E-state index in [1.165, 1.54) is 59.9 Å². The zero-order valence-electron chi connectivity index (χ0n) is 26.7. The van der Waals surface area contributed by atoms with Crippen LogP contribution in [0.25, 0.3) is 0 Å². The Morgan fingerprint density at radius 1 is 0.688 bits per heavy atom. The molecule has 0 N–H and O–H groups in total. The van der Waals surface area contributed by atoms with Crippen molar-refractivity contribution in [2.45, 2.75) is 64.2 Å². The zero-order valence-corrected chi connectivity index (χ0v) is 29.7. The number of rotatable bonds is 15. The van der Waals surface area contributed by atoms with Gasteiger partial charge in [0.2, 0.25) is 0 Å². The van der Waals surface area contributed by atoms with Crippen molar-refractivity contribution in [3.63, 3.8) is 0 Å². The van der Waals surface area contributed by atoms with E-state index in [1.807, 2.05) is 0 Å². The fourth-order valence-electron chi connectivity index (χ4n) is 6.29. The van der Waals surface area contributed by atoms with Crippen molar-refractivity contribution >= 4 is 69.9 Å². The number of unbranched alkanes of at least 4 members (excludes halogenated alkanes) is 4. The van der Waals surface area contributed by atoms with Gasteiger partial charge >= 0.3 is 0 Å². The number of carbonyl (C=O) groups excluding carboxylic acids is 4. The summed E-state index contributed by atoms with van der Waals surface area (Å²) in [4.78, 5) is 53.3. The number of aryl methyl sites for hydroxylation is 4. The van der Waals surface area contributed by atoms with Crippen LogP contribution in [0.3, 0.4) is 0 Å². The second kappa shape index (κ2) is 15.2. The Balaban J connectivity index is 1.98. The van der Waals surface area contributed by atoms with Gasteiger partial charge in [0.15, 0.2) is 11.6 Å². The monoisotopic (exact) mass is 732 g/mol. The van der Waals surface area contributed by atoms with E-state index in [0.29, 0.717) is 42.1 Å². The summed E-state index contributed by atoms with van der Waals surface area (Å²) in [7, 11) is 3.03. The number of halogens is 4. The van der Waals surface area contributed by atoms with E-state index in [0.717, 1.165) is 0 Å². The molecule has 0 unspecified atom stereocenters. The molecule has 0 saturated carbocycles. The van der Waals surface area contributed by atoms with Gasteiger partial charge in [-0.05, 0) is 69.5 Å². The maximum atomic E-state index is 14.3. The minimum absolute atomic E-state index is 0.0211. The van der Waals surface area contributed by atoms with Crippen LogP contribution in [0.2, 0.25) is 20.1 Å². The Morgan fingerprint density at radius 2 is 1.10 bits per heavy atom. The molecule has 0 aliphatic heterocycles. The third kappa shape index (κ3) is 7.32. The highest BCUT2D eigenvalue weighted by molar-refractivity contribution is 6.38. The van der Waals surface area contributed by atoms with Crippen LogP contribution in [0, 0.1) is 13.8 Å². The Labute approximate surface area is 297 Å². The Bertz CT molecular complexity index is 1800. The maximum Gasteiger partial charge on any atom is 0.198 e. The first-order valence-electron chi connectivity index (χ1n) is 15.1. The van der Waals surface area contributed by atoms with Gasteiger partial charge in [-0.25, -0.2) is 0 Å². The largest absolute Gasteiger partial charge is 0.550 e. The normalized spacial score (nSPS) is 11.6. The molecule has 48 heavy (non-hydrogen) atoms. The molecule has 0 radical (unpaired) electrons. The molecule has 0 spiro atoms. The van der Waals surface area contributed by atoms with Crippen LogP contribution in [0.1, 0.15) is 99.6 Å². The van der Waals surface area contributed by atoms with E-state index in [4.69, 9.17) is 46.4 Å². The standard InChI is InChI=1S/C34H34Cl4N4O6/c1-18-27(29(45)22-13-11-20(35)16-24(22)37)31(41(3)39-18)34(33(47)48,15-9-7-5-6-8-10-26(43)44)32-28(19(2)40-42(32)4)30(46)23-14-12-21(36)17-25(23)38/h11-14,16-17H,5-10,15H2,1-4H3,(H,43,44)(H,47,48)/p-2. The molecular formula is C34H32Cl4N4O6-2. The van der Waals surface area contributed by atoms with E-state index < -0.39 is 28.9 Å². The van der Waals surface area contributed by atoms with Crippen molar-refractivity contribution in [1.29, 1.82) is 0 Å². The van der Waals surface area contributed by atoms with Crippen molar-refractivity contribution in [3.8, 4) is 0 Å². The van der Waals surface area contributed by atoms with Crippen LogP contribution in [-0.4, -0.2) is 43.1 Å². The highest BCUT2D eigenvalue weighted by atomic mass is 35.5. The Morgan fingerprint density at radius 3 is 1.50 bits per heavy atom.